The standard InChI is InChI=1S/C23H30O5/c24-15-20-19-13-16(9-11-27-23(25)17-6-2-1-3-7-17)12-18(19)14-21(20)28-22-8-4-5-10-26-22/h1-3,6-7,12,18-22,24H,4-5,8-11,13-15H2/t18-,19-,20+,21+,22?/m1/s1. The van der Waals surface area contributed by atoms with Gasteiger partial charge >= 0.3 is 5.97 Å². The van der Waals surface area contributed by atoms with Crippen molar-refractivity contribution in [3.63, 3.8) is 0 Å². The zero-order valence-corrected chi connectivity index (χ0v) is 16.3. The van der Waals surface area contributed by atoms with E-state index in [0.29, 0.717) is 24.0 Å². The molecule has 1 N–H and O–H groups in total. The summed E-state index contributed by atoms with van der Waals surface area (Å²) < 4.78 is 17.3. The van der Waals surface area contributed by atoms with E-state index in [1.165, 1.54) is 5.57 Å². The number of esters is 1. The summed E-state index contributed by atoms with van der Waals surface area (Å²) in [6.07, 6.45) is 8.20. The van der Waals surface area contributed by atoms with Crippen LogP contribution in [0.1, 0.15) is 48.9 Å². The maximum absolute atomic E-state index is 12.0. The molecule has 1 aliphatic heterocycles. The number of hydrogen-bond acceptors (Lipinski definition) is 5. The summed E-state index contributed by atoms with van der Waals surface area (Å²) in [6, 6.07) is 9.09. The van der Waals surface area contributed by atoms with Crippen molar-refractivity contribution in [2.45, 2.75) is 50.9 Å². The van der Waals surface area contributed by atoms with Crippen LogP contribution in [0, 0.1) is 17.8 Å². The van der Waals surface area contributed by atoms with Crippen molar-refractivity contribution < 1.29 is 24.1 Å². The van der Waals surface area contributed by atoms with E-state index < -0.39 is 0 Å². The summed E-state index contributed by atoms with van der Waals surface area (Å²) in [6.45, 7) is 1.33. The van der Waals surface area contributed by atoms with Crippen molar-refractivity contribution in [1.29, 1.82) is 0 Å². The van der Waals surface area contributed by atoms with Gasteiger partial charge in [-0.1, -0.05) is 29.8 Å². The van der Waals surface area contributed by atoms with E-state index in [9.17, 15) is 9.90 Å². The van der Waals surface area contributed by atoms with Gasteiger partial charge in [0.1, 0.15) is 0 Å². The van der Waals surface area contributed by atoms with Gasteiger partial charge in [0.15, 0.2) is 6.29 Å². The number of rotatable bonds is 7. The Bertz CT molecular complexity index is 679. The Morgan fingerprint density at radius 1 is 1.21 bits per heavy atom. The van der Waals surface area contributed by atoms with Crippen LogP contribution in [-0.2, 0) is 14.2 Å². The first kappa shape index (κ1) is 19.6. The molecular formula is C23H30O5. The first-order valence-electron chi connectivity index (χ1n) is 10.5. The molecule has 1 aromatic carbocycles. The summed E-state index contributed by atoms with van der Waals surface area (Å²) in [5.41, 5.74) is 1.92. The lowest BCUT2D eigenvalue weighted by molar-refractivity contribution is -0.198. The van der Waals surface area contributed by atoms with Gasteiger partial charge in [0.05, 0.1) is 18.3 Å². The molecular weight excluding hydrogens is 356 g/mol. The van der Waals surface area contributed by atoms with Crippen molar-refractivity contribution in [3.8, 4) is 0 Å². The zero-order chi connectivity index (χ0) is 19.3. The SMILES string of the molecule is O=C(OCCC1=C[C@@H]2C[C@H](OC3CCCCO3)[C@@H](CO)[C@@H]2C1)c1ccccc1. The average molecular weight is 386 g/mol. The fourth-order valence-electron chi connectivity index (χ4n) is 4.92. The smallest absolute Gasteiger partial charge is 0.338 e. The molecule has 5 nitrogen and oxygen atoms in total. The zero-order valence-electron chi connectivity index (χ0n) is 16.3. The van der Waals surface area contributed by atoms with E-state index in [0.717, 1.165) is 45.1 Å². The third-order valence-electron chi connectivity index (χ3n) is 6.37. The van der Waals surface area contributed by atoms with Gasteiger partial charge in [-0.3, -0.25) is 0 Å². The number of carbonyl (C=O) groups excluding carboxylic acids is 1. The molecule has 2 fully saturated rings. The second-order valence-corrected chi connectivity index (χ2v) is 8.16. The summed E-state index contributed by atoms with van der Waals surface area (Å²) >= 11 is 0. The number of aliphatic hydroxyl groups excluding tert-OH is 1. The van der Waals surface area contributed by atoms with Crippen LogP contribution in [0.4, 0.5) is 0 Å². The van der Waals surface area contributed by atoms with Crippen LogP contribution in [0.15, 0.2) is 42.0 Å². The average Bonchev–Trinajstić information content (AvgIpc) is 3.26. The van der Waals surface area contributed by atoms with Gasteiger partial charge in [-0.15, -0.1) is 0 Å². The molecule has 0 spiro atoms. The van der Waals surface area contributed by atoms with Crippen molar-refractivity contribution in [1.82, 2.24) is 0 Å². The molecule has 5 atom stereocenters. The fraction of sp³-hybridized carbons (Fsp3) is 0.609. The van der Waals surface area contributed by atoms with Crippen LogP contribution in [-0.4, -0.2) is 43.3 Å². The molecule has 4 rings (SSSR count). The van der Waals surface area contributed by atoms with Gasteiger partial charge in [0.2, 0.25) is 0 Å². The molecule has 0 amide bonds. The van der Waals surface area contributed by atoms with E-state index >= 15 is 0 Å². The quantitative estimate of drug-likeness (QED) is 0.572. The molecule has 1 saturated carbocycles. The minimum absolute atomic E-state index is 0.0804. The van der Waals surface area contributed by atoms with Gasteiger partial charge in [-0.25, -0.2) is 4.79 Å². The predicted octanol–water partition coefficient (Wildman–Crippen LogP) is 3.72. The largest absolute Gasteiger partial charge is 0.462 e. The molecule has 1 aromatic rings. The number of benzene rings is 1. The number of hydrogen-bond donors (Lipinski definition) is 1. The third kappa shape index (κ3) is 4.48. The Labute approximate surface area is 166 Å². The van der Waals surface area contributed by atoms with Crippen LogP contribution in [0.5, 0.6) is 0 Å². The minimum atomic E-state index is -0.270. The number of carbonyl (C=O) groups is 1. The summed E-state index contributed by atoms with van der Waals surface area (Å²) in [7, 11) is 0. The van der Waals surface area contributed by atoms with Crippen LogP contribution >= 0.6 is 0 Å². The van der Waals surface area contributed by atoms with Gasteiger partial charge in [0.25, 0.3) is 0 Å². The molecule has 0 aromatic heterocycles. The van der Waals surface area contributed by atoms with E-state index in [2.05, 4.69) is 6.08 Å². The van der Waals surface area contributed by atoms with E-state index in [4.69, 9.17) is 14.2 Å². The molecule has 5 heteroatoms. The lowest BCUT2D eigenvalue weighted by atomic mass is 9.90. The van der Waals surface area contributed by atoms with Crippen LogP contribution < -0.4 is 0 Å². The van der Waals surface area contributed by atoms with E-state index in [1.807, 2.05) is 18.2 Å². The number of allylic oxidation sites excluding steroid dienone is 1. The highest BCUT2D eigenvalue weighted by molar-refractivity contribution is 5.89. The summed E-state index contributed by atoms with van der Waals surface area (Å²) in [4.78, 5) is 12.0. The fourth-order valence-corrected chi connectivity index (χ4v) is 4.92. The van der Waals surface area contributed by atoms with Gasteiger partial charge in [-0.2, -0.15) is 0 Å². The minimum Gasteiger partial charge on any atom is -0.462 e. The molecule has 3 aliphatic rings. The van der Waals surface area contributed by atoms with Gasteiger partial charge < -0.3 is 19.3 Å². The van der Waals surface area contributed by atoms with Crippen molar-refractivity contribution in [3.05, 3.63) is 47.5 Å². The molecule has 152 valence electrons. The molecule has 28 heavy (non-hydrogen) atoms. The molecule has 1 saturated heterocycles. The van der Waals surface area contributed by atoms with Crippen LogP contribution in [0.3, 0.4) is 0 Å². The van der Waals surface area contributed by atoms with Crippen LogP contribution in [0.2, 0.25) is 0 Å². The first-order valence-corrected chi connectivity index (χ1v) is 10.5. The summed E-state index contributed by atoms with van der Waals surface area (Å²) in [5, 5.41) is 9.96. The van der Waals surface area contributed by atoms with E-state index in [-0.39, 0.29) is 30.9 Å². The Hall–Kier alpha value is -1.69. The topological polar surface area (TPSA) is 65.0 Å². The summed E-state index contributed by atoms with van der Waals surface area (Å²) in [5.74, 6) is 0.772. The number of aliphatic hydroxyl groups is 1. The lowest BCUT2D eigenvalue weighted by Crippen LogP contribution is -2.32. The predicted molar refractivity (Wildman–Crippen MR) is 105 cm³/mol. The van der Waals surface area contributed by atoms with Gasteiger partial charge in [-0.05, 0) is 56.1 Å². The molecule has 1 heterocycles. The lowest BCUT2D eigenvalue weighted by Gasteiger charge is -2.29. The second-order valence-electron chi connectivity index (χ2n) is 8.16. The van der Waals surface area contributed by atoms with Crippen molar-refractivity contribution >= 4 is 5.97 Å². The Kier molecular flexibility index (Phi) is 6.45. The third-order valence-corrected chi connectivity index (χ3v) is 6.37. The van der Waals surface area contributed by atoms with E-state index in [1.54, 1.807) is 12.1 Å². The molecule has 0 radical (unpaired) electrons. The highest BCUT2D eigenvalue weighted by Gasteiger charge is 2.46. The number of ether oxygens (including phenoxy) is 3. The maximum atomic E-state index is 12.0. The second kappa shape index (κ2) is 9.21. The Morgan fingerprint density at radius 2 is 2.07 bits per heavy atom. The molecule has 1 unspecified atom stereocenters. The Morgan fingerprint density at radius 3 is 2.82 bits per heavy atom. The first-order chi connectivity index (χ1) is 13.7. The number of fused-ring (bicyclic) bond motifs is 1. The Balaban J connectivity index is 1.26. The molecule has 0 bridgehead atoms. The van der Waals surface area contributed by atoms with Crippen LogP contribution in [0.25, 0.3) is 0 Å². The van der Waals surface area contributed by atoms with Gasteiger partial charge in [0, 0.05) is 25.6 Å². The highest BCUT2D eigenvalue weighted by Crippen LogP contribution is 2.48. The monoisotopic (exact) mass is 386 g/mol. The van der Waals surface area contributed by atoms with Crippen molar-refractivity contribution in [2.24, 2.45) is 17.8 Å². The highest BCUT2D eigenvalue weighted by atomic mass is 16.7. The maximum Gasteiger partial charge on any atom is 0.338 e. The normalized spacial score (nSPS) is 32.0. The molecule has 2 aliphatic carbocycles. The van der Waals surface area contributed by atoms with Crippen molar-refractivity contribution in [2.75, 3.05) is 19.8 Å².